The van der Waals surface area contributed by atoms with Crippen molar-refractivity contribution in [3.8, 4) is 11.8 Å². The number of nitriles is 1. The summed E-state index contributed by atoms with van der Waals surface area (Å²) in [6.07, 6.45) is 1.76. The van der Waals surface area contributed by atoms with E-state index in [0.29, 0.717) is 13.0 Å². The zero-order chi connectivity index (χ0) is 12.7. The van der Waals surface area contributed by atoms with Crippen LogP contribution in [-0.2, 0) is 0 Å². The summed E-state index contributed by atoms with van der Waals surface area (Å²) >= 11 is 0. The number of rotatable bonds is 6. The van der Waals surface area contributed by atoms with E-state index in [-0.39, 0.29) is 0 Å². The zero-order valence-corrected chi connectivity index (χ0v) is 10.4. The van der Waals surface area contributed by atoms with Gasteiger partial charge < -0.3 is 9.84 Å². The van der Waals surface area contributed by atoms with Crippen LogP contribution in [0.5, 0.6) is 5.75 Å². The van der Waals surface area contributed by atoms with E-state index in [4.69, 9.17) is 10.00 Å². The van der Waals surface area contributed by atoms with Crippen LogP contribution in [0.2, 0.25) is 0 Å². The van der Waals surface area contributed by atoms with E-state index in [1.165, 1.54) is 0 Å². The van der Waals surface area contributed by atoms with Crippen LogP contribution < -0.4 is 4.74 Å². The highest BCUT2D eigenvalue weighted by atomic mass is 16.5. The summed E-state index contributed by atoms with van der Waals surface area (Å²) in [4.78, 5) is 0. The predicted molar refractivity (Wildman–Crippen MR) is 66.8 cm³/mol. The minimum atomic E-state index is -0.524. The number of aryl methyl sites for hydroxylation is 1. The molecular weight excluding hydrogens is 214 g/mol. The van der Waals surface area contributed by atoms with Crippen LogP contribution >= 0.6 is 0 Å². The number of hydrogen-bond donors (Lipinski definition) is 1. The van der Waals surface area contributed by atoms with Gasteiger partial charge in [-0.2, -0.15) is 5.26 Å². The quantitative estimate of drug-likeness (QED) is 0.768. The molecule has 17 heavy (non-hydrogen) atoms. The summed E-state index contributed by atoms with van der Waals surface area (Å²) in [7, 11) is 0. The highest BCUT2D eigenvalue weighted by Crippen LogP contribution is 2.26. The molecule has 0 saturated carbocycles. The minimum Gasteiger partial charge on any atom is -0.493 e. The molecule has 92 valence electrons. The van der Waals surface area contributed by atoms with Gasteiger partial charge in [-0.05, 0) is 38.8 Å². The van der Waals surface area contributed by atoms with E-state index < -0.39 is 6.10 Å². The van der Waals surface area contributed by atoms with Crippen LogP contribution in [0.15, 0.2) is 18.2 Å². The predicted octanol–water partition coefficient (Wildman–Crippen LogP) is 3.12. The highest BCUT2D eigenvalue weighted by Gasteiger charge is 2.09. The molecule has 1 aromatic rings. The summed E-state index contributed by atoms with van der Waals surface area (Å²) in [5, 5.41) is 18.1. The molecule has 0 spiro atoms. The highest BCUT2D eigenvalue weighted by molar-refractivity contribution is 5.38. The van der Waals surface area contributed by atoms with E-state index >= 15 is 0 Å². The summed E-state index contributed by atoms with van der Waals surface area (Å²) in [6, 6.07) is 7.91. The van der Waals surface area contributed by atoms with Crippen LogP contribution in [0.1, 0.15) is 43.4 Å². The molecule has 3 nitrogen and oxygen atoms in total. The van der Waals surface area contributed by atoms with Crippen LogP contribution in [0.3, 0.4) is 0 Å². The largest absolute Gasteiger partial charge is 0.493 e. The van der Waals surface area contributed by atoms with Gasteiger partial charge in [-0.15, -0.1) is 0 Å². The number of aliphatic hydroxyl groups excluding tert-OH is 1. The third-order valence-electron chi connectivity index (χ3n) is 2.56. The molecule has 0 saturated heterocycles. The second-order valence-electron chi connectivity index (χ2n) is 4.18. The lowest BCUT2D eigenvalue weighted by Crippen LogP contribution is -2.02. The van der Waals surface area contributed by atoms with Gasteiger partial charge in [0.2, 0.25) is 0 Å². The van der Waals surface area contributed by atoms with Crippen molar-refractivity contribution in [1.29, 1.82) is 5.26 Å². The molecule has 1 aromatic carbocycles. The molecule has 0 heterocycles. The fourth-order valence-corrected chi connectivity index (χ4v) is 1.61. The van der Waals surface area contributed by atoms with E-state index in [9.17, 15) is 5.11 Å². The van der Waals surface area contributed by atoms with Gasteiger partial charge in [0.1, 0.15) is 5.75 Å². The molecule has 0 aliphatic rings. The van der Waals surface area contributed by atoms with Crippen LogP contribution in [0.25, 0.3) is 0 Å². The Morgan fingerprint density at radius 1 is 1.41 bits per heavy atom. The van der Waals surface area contributed by atoms with Gasteiger partial charge in [0.05, 0.1) is 18.8 Å². The van der Waals surface area contributed by atoms with Crippen molar-refractivity contribution in [3.63, 3.8) is 0 Å². The number of unbranched alkanes of at least 4 members (excludes halogenated alkanes) is 2. The Balaban J connectivity index is 2.55. The van der Waals surface area contributed by atoms with Gasteiger partial charge >= 0.3 is 0 Å². The Kier molecular flexibility index (Phi) is 5.51. The van der Waals surface area contributed by atoms with Crippen molar-refractivity contribution in [2.75, 3.05) is 6.61 Å². The first-order valence-electron chi connectivity index (χ1n) is 5.93. The average molecular weight is 233 g/mol. The Hall–Kier alpha value is -1.53. The van der Waals surface area contributed by atoms with E-state index in [1.807, 2.05) is 25.1 Å². The lowest BCUT2D eigenvalue weighted by atomic mass is 10.1. The summed E-state index contributed by atoms with van der Waals surface area (Å²) in [6.45, 7) is 4.31. The van der Waals surface area contributed by atoms with Gasteiger partial charge in [-0.25, -0.2) is 0 Å². The molecule has 1 rings (SSSR count). The summed E-state index contributed by atoms with van der Waals surface area (Å²) < 4.78 is 5.63. The molecular formula is C14H19NO2. The van der Waals surface area contributed by atoms with Crippen LogP contribution in [-0.4, -0.2) is 11.7 Å². The number of aliphatic hydroxyl groups is 1. The SMILES string of the molecule is Cc1ccc(OCCCCC#N)c([C@H](C)O)c1. The normalized spacial score (nSPS) is 11.9. The van der Waals surface area contributed by atoms with E-state index in [0.717, 1.165) is 29.7 Å². The maximum absolute atomic E-state index is 9.65. The molecule has 3 heteroatoms. The van der Waals surface area contributed by atoms with Gasteiger partial charge in [0, 0.05) is 12.0 Å². The number of nitrogens with zero attached hydrogens (tertiary/aromatic N) is 1. The Morgan fingerprint density at radius 2 is 2.18 bits per heavy atom. The number of ether oxygens (including phenoxy) is 1. The standard InChI is InChI=1S/C14H19NO2/c1-11-6-7-14(13(10-11)12(2)16)17-9-5-3-4-8-15/h6-7,10,12,16H,3-5,9H2,1-2H3/t12-/m0/s1. The molecule has 0 aromatic heterocycles. The third kappa shape index (κ3) is 4.46. The Bertz CT molecular complexity index is 394. The molecule has 0 amide bonds. The van der Waals surface area contributed by atoms with E-state index in [2.05, 4.69) is 6.07 Å². The first-order chi connectivity index (χ1) is 8.15. The zero-order valence-electron chi connectivity index (χ0n) is 10.4. The minimum absolute atomic E-state index is 0.524. The van der Waals surface area contributed by atoms with Crippen molar-refractivity contribution in [3.05, 3.63) is 29.3 Å². The third-order valence-corrected chi connectivity index (χ3v) is 2.56. The van der Waals surface area contributed by atoms with Crippen molar-refractivity contribution in [1.82, 2.24) is 0 Å². The first-order valence-corrected chi connectivity index (χ1v) is 5.93. The molecule has 0 aliphatic heterocycles. The maximum atomic E-state index is 9.65. The maximum Gasteiger partial charge on any atom is 0.125 e. The van der Waals surface area contributed by atoms with E-state index in [1.54, 1.807) is 6.92 Å². The first kappa shape index (κ1) is 13.5. The Labute approximate surface area is 103 Å². The molecule has 0 fully saturated rings. The van der Waals surface area contributed by atoms with Crippen LogP contribution in [0.4, 0.5) is 0 Å². The second-order valence-corrected chi connectivity index (χ2v) is 4.18. The fraction of sp³-hybridized carbons (Fsp3) is 0.500. The fourth-order valence-electron chi connectivity index (χ4n) is 1.61. The lowest BCUT2D eigenvalue weighted by molar-refractivity contribution is 0.190. The molecule has 0 radical (unpaired) electrons. The molecule has 0 unspecified atom stereocenters. The molecule has 1 N–H and O–H groups in total. The smallest absolute Gasteiger partial charge is 0.125 e. The van der Waals surface area contributed by atoms with Crippen molar-refractivity contribution in [2.24, 2.45) is 0 Å². The van der Waals surface area contributed by atoms with Crippen molar-refractivity contribution in [2.45, 2.75) is 39.2 Å². The second kappa shape index (κ2) is 6.93. The lowest BCUT2D eigenvalue weighted by Gasteiger charge is -2.14. The van der Waals surface area contributed by atoms with Crippen molar-refractivity contribution < 1.29 is 9.84 Å². The van der Waals surface area contributed by atoms with Gasteiger partial charge in [0.25, 0.3) is 0 Å². The molecule has 0 aliphatic carbocycles. The van der Waals surface area contributed by atoms with Gasteiger partial charge in [-0.3, -0.25) is 0 Å². The number of benzene rings is 1. The molecule has 1 atom stereocenters. The topological polar surface area (TPSA) is 53.2 Å². The monoisotopic (exact) mass is 233 g/mol. The van der Waals surface area contributed by atoms with Crippen LogP contribution in [0, 0.1) is 18.3 Å². The van der Waals surface area contributed by atoms with Crippen molar-refractivity contribution >= 4 is 0 Å². The summed E-state index contributed by atoms with van der Waals surface area (Å²) in [5.74, 6) is 0.738. The van der Waals surface area contributed by atoms with Gasteiger partial charge in [-0.1, -0.05) is 11.6 Å². The number of hydrogen-bond acceptors (Lipinski definition) is 3. The average Bonchev–Trinajstić information content (AvgIpc) is 2.30. The Morgan fingerprint density at radius 3 is 2.82 bits per heavy atom. The molecule has 0 bridgehead atoms. The summed E-state index contributed by atoms with van der Waals surface area (Å²) in [5.41, 5.74) is 1.93. The van der Waals surface area contributed by atoms with Gasteiger partial charge in [0.15, 0.2) is 0 Å².